The van der Waals surface area contributed by atoms with E-state index in [2.05, 4.69) is 33.0 Å². The summed E-state index contributed by atoms with van der Waals surface area (Å²) in [6, 6.07) is 9.83. The number of benzene rings is 1. The van der Waals surface area contributed by atoms with Crippen molar-refractivity contribution < 1.29 is 9.66 Å². The summed E-state index contributed by atoms with van der Waals surface area (Å²) >= 11 is 2.07. The van der Waals surface area contributed by atoms with Gasteiger partial charge < -0.3 is 10.2 Å². The highest BCUT2D eigenvalue weighted by molar-refractivity contribution is 14.1. The number of halogens is 1. The topological polar surface area (TPSA) is 103 Å². The average Bonchev–Trinajstić information content (AvgIpc) is 2.41. The van der Waals surface area contributed by atoms with Gasteiger partial charge in [0.1, 0.15) is 11.6 Å². The second-order valence-corrected chi connectivity index (χ2v) is 4.62. The van der Waals surface area contributed by atoms with Gasteiger partial charge in [0.05, 0.1) is 8.49 Å². The fourth-order valence-electron chi connectivity index (χ4n) is 1.36. The maximum atomic E-state index is 10.9. The van der Waals surface area contributed by atoms with E-state index in [-0.39, 0.29) is 17.4 Å². The molecule has 3 N–H and O–H groups in total. The lowest BCUT2D eigenvalue weighted by Gasteiger charge is -2.08. The van der Waals surface area contributed by atoms with Crippen molar-refractivity contribution in [1.82, 2.24) is 4.98 Å². The molecule has 0 atom stereocenters. The Bertz CT molecular complexity index is 621. The number of hydrogen-bond donors (Lipinski definition) is 2. The summed E-state index contributed by atoms with van der Waals surface area (Å²) in [6.07, 6.45) is 0. The second-order valence-electron chi connectivity index (χ2n) is 3.45. The van der Waals surface area contributed by atoms with Crippen molar-refractivity contribution >= 4 is 34.1 Å². The number of hydrogen-bond acceptors (Lipinski definition) is 6. The molecule has 0 aliphatic rings. The zero-order valence-electron chi connectivity index (χ0n) is 9.54. The summed E-state index contributed by atoms with van der Waals surface area (Å²) in [5, 5.41) is 10.9. The van der Waals surface area contributed by atoms with Gasteiger partial charge in [-0.15, -0.1) is 0 Å². The highest BCUT2D eigenvalue weighted by atomic mass is 127. The van der Waals surface area contributed by atoms with Crippen LogP contribution in [0.3, 0.4) is 0 Å². The van der Waals surface area contributed by atoms with Crippen LogP contribution in [0, 0.1) is 13.7 Å². The molecule has 98 valence electrons. The van der Waals surface area contributed by atoms with Gasteiger partial charge in [0.25, 0.3) is 0 Å². The van der Waals surface area contributed by atoms with E-state index in [0.29, 0.717) is 5.75 Å². The number of nitro groups is 1. The van der Waals surface area contributed by atoms with Crippen LogP contribution in [0.15, 0.2) is 36.4 Å². The molecule has 0 unspecified atom stereocenters. The zero-order chi connectivity index (χ0) is 13.8. The zero-order valence-corrected chi connectivity index (χ0v) is 11.7. The number of aromatic nitrogens is 1. The van der Waals surface area contributed by atoms with Crippen LogP contribution in [0.25, 0.3) is 0 Å². The summed E-state index contributed by atoms with van der Waals surface area (Å²) in [4.78, 5) is 14.3. The molecule has 0 spiro atoms. The van der Waals surface area contributed by atoms with Crippen molar-refractivity contribution in [1.29, 1.82) is 0 Å². The molecule has 0 saturated heterocycles. The number of nitrogens with one attached hydrogen (secondary N) is 1. The first-order valence-corrected chi connectivity index (χ1v) is 6.24. The predicted molar refractivity (Wildman–Crippen MR) is 77.9 cm³/mol. The van der Waals surface area contributed by atoms with Gasteiger partial charge in [0.2, 0.25) is 0 Å². The number of para-hydroxylation sites is 1. The van der Waals surface area contributed by atoms with Crippen molar-refractivity contribution in [2.45, 2.75) is 0 Å². The first-order chi connectivity index (χ1) is 9.11. The Morgan fingerprint density at radius 1 is 1.32 bits per heavy atom. The summed E-state index contributed by atoms with van der Waals surface area (Å²) in [6.45, 7) is 0. The minimum atomic E-state index is -0.557. The minimum absolute atomic E-state index is 0.107. The molecule has 7 nitrogen and oxygen atoms in total. The molecule has 0 saturated carbocycles. The molecule has 1 aromatic carbocycles. The SMILES string of the molecule is NNc1ccc([N+](=O)[O-])c(Oc2ccccc2I)n1. The van der Waals surface area contributed by atoms with Gasteiger partial charge in [-0.3, -0.25) is 10.1 Å². The van der Waals surface area contributed by atoms with Crippen LogP contribution in [-0.4, -0.2) is 9.91 Å². The molecule has 8 heteroatoms. The fourth-order valence-corrected chi connectivity index (χ4v) is 1.86. The first kappa shape index (κ1) is 13.5. The van der Waals surface area contributed by atoms with Crippen LogP contribution in [-0.2, 0) is 0 Å². The lowest BCUT2D eigenvalue weighted by Crippen LogP contribution is -2.09. The van der Waals surface area contributed by atoms with E-state index in [0.717, 1.165) is 3.57 Å². The second kappa shape index (κ2) is 5.80. The average molecular weight is 372 g/mol. The van der Waals surface area contributed by atoms with Crippen LogP contribution in [0.5, 0.6) is 11.6 Å². The fraction of sp³-hybridized carbons (Fsp3) is 0. The lowest BCUT2D eigenvalue weighted by atomic mass is 10.3. The number of anilines is 1. The molecule has 0 bridgehead atoms. The van der Waals surface area contributed by atoms with E-state index in [1.54, 1.807) is 12.1 Å². The van der Waals surface area contributed by atoms with Crippen LogP contribution in [0.1, 0.15) is 0 Å². The lowest BCUT2D eigenvalue weighted by molar-refractivity contribution is -0.386. The van der Waals surface area contributed by atoms with Crippen LogP contribution >= 0.6 is 22.6 Å². The summed E-state index contributed by atoms with van der Waals surface area (Å²) in [7, 11) is 0. The normalized spacial score (nSPS) is 10.0. The van der Waals surface area contributed by atoms with Crippen LogP contribution in [0.4, 0.5) is 11.5 Å². The number of rotatable bonds is 4. The minimum Gasteiger partial charge on any atom is -0.433 e. The van der Waals surface area contributed by atoms with Gasteiger partial charge in [0.15, 0.2) is 0 Å². The van der Waals surface area contributed by atoms with Crippen molar-refractivity contribution in [2.75, 3.05) is 5.43 Å². The first-order valence-electron chi connectivity index (χ1n) is 5.16. The molecule has 2 aromatic rings. The summed E-state index contributed by atoms with van der Waals surface area (Å²) < 4.78 is 6.31. The third kappa shape index (κ3) is 3.09. The van der Waals surface area contributed by atoms with E-state index in [1.807, 2.05) is 12.1 Å². The Morgan fingerprint density at radius 2 is 2.05 bits per heavy atom. The maximum absolute atomic E-state index is 10.9. The molecule has 1 aromatic heterocycles. The molecule has 0 aliphatic carbocycles. The van der Waals surface area contributed by atoms with Crippen LogP contribution in [0.2, 0.25) is 0 Å². The Morgan fingerprint density at radius 3 is 2.68 bits per heavy atom. The van der Waals surface area contributed by atoms with E-state index >= 15 is 0 Å². The smallest absolute Gasteiger partial charge is 0.331 e. The van der Waals surface area contributed by atoms with Gasteiger partial charge >= 0.3 is 11.6 Å². The quantitative estimate of drug-likeness (QED) is 0.370. The van der Waals surface area contributed by atoms with Gasteiger partial charge in [-0.1, -0.05) is 12.1 Å². The van der Waals surface area contributed by atoms with Crippen molar-refractivity contribution in [2.24, 2.45) is 5.84 Å². The van der Waals surface area contributed by atoms with E-state index in [4.69, 9.17) is 10.6 Å². The Balaban J connectivity index is 2.43. The van der Waals surface area contributed by atoms with E-state index in [1.165, 1.54) is 12.1 Å². The van der Waals surface area contributed by atoms with Gasteiger partial charge in [-0.05, 0) is 40.8 Å². The van der Waals surface area contributed by atoms with Crippen molar-refractivity contribution in [3.63, 3.8) is 0 Å². The molecule has 19 heavy (non-hydrogen) atoms. The Hall–Kier alpha value is -1.94. The molecule has 0 fully saturated rings. The molecule has 2 rings (SSSR count). The molecule has 0 radical (unpaired) electrons. The monoisotopic (exact) mass is 372 g/mol. The van der Waals surface area contributed by atoms with Gasteiger partial charge in [0, 0.05) is 6.07 Å². The highest BCUT2D eigenvalue weighted by Gasteiger charge is 2.19. The Labute approximate surface area is 122 Å². The number of pyridine rings is 1. The number of nitrogens with zero attached hydrogens (tertiary/aromatic N) is 2. The molecular formula is C11H9IN4O3. The van der Waals surface area contributed by atoms with Crippen molar-refractivity contribution in [3.05, 3.63) is 50.1 Å². The largest absolute Gasteiger partial charge is 0.433 e. The highest BCUT2D eigenvalue weighted by Crippen LogP contribution is 2.32. The number of nitrogen functional groups attached to an aromatic ring is 1. The maximum Gasteiger partial charge on any atom is 0.331 e. The third-order valence-corrected chi connectivity index (χ3v) is 3.12. The van der Waals surface area contributed by atoms with Gasteiger partial charge in [-0.25, -0.2) is 5.84 Å². The van der Waals surface area contributed by atoms with E-state index in [9.17, 15) is 10.1 Å². The molecular weight excluding hydrogens is 363 g/mol. The molecule has 0 amide bonds. The third-order valence-electron chi connectivity index (χ3n) is 2.23. The summed E-state index contributed by atoms with van der Waals surface area (Å²) in [5.74, 6) is 5.90. The van der Waals surface area contributed by atoms with Gasteiger partial charge in [-0.2, -0.15) is 4.98 Å². The molecule has 0 aliphatic heterocycles. The predicted octanol–water partition coefficient (Wildman–Crippen LogP) is 2.67. The van der Waals surface area contributed by atoms with Crippen LogP contribution < -0.4 is 16.0 Å². The number of nitrogens with two attached hydrogens (primary N) is 1. The Kier molecular flexibility index (Phi) is 4.12. The summed E-state index contributed by atoms with van der Waals surface area (Å²) in [5.41, 5.74) is 2.09. The number of ether oxygens (including phenoxy) is 1. The van der Waals surface area contributed by atoms with E-state index < -0.39 is 4.92 Å². The number of hydrazine groups is 1. The van der Waals surface area contributed by atoms with Crippen molar-refractivity contribution in [3.8, 4) is 11.6 Å². The standard InChI is InChI=1S/C11H9IN4O3/c12-7-3-1-2-4-9(7)19-11-8(16(17)18)5-6-10(14-11)15-13/h1-6H,13H2,(H,14,15). The molecule has 1 heterocycles.